The number of carboxylic acid groups (broad SMARTS) is 1. The Morgan fingerprint density at radius 3 is 1.20 bits per heavy atom. The summed E-state index contributed by atoms with van der Waals surface area (Å²) < 4.78 is 28.5. The Labute approximate surface area is 517 Å². The molecule has 3 N–H and O–H groups in total. The molecule has 0 saturated carbocycles. The van der Waals surface area contributed by atoms with Crippen LogP contribution in [0.25, 0.3) is 0 Å². The van der Waals surface area contributed by atoms with Crippen LogP contribution in [0.15, 0.2) is 97.2 Å². The van der Waals surface area contributed by atoms with E-state index < -0.39 is 67.3 Å². The van der Waals surface area contributed by atoms with Gasteiger partial charge in [-0.05, 0) is 116 Å². The molecule has 6 unspecified atom stereocenters. The molecule has 0 aromatic rings. The SMILES string of the molecule is CC/C=C\C/C=C\C/C=C\C/C=C\C/C=C\CCCC(=O)OC1C(OCC(COC(=O)CCCCCCCCCCC/C=C\C/C=C\CCCCC)OC(=O)CCCCCCCCCCC/C=C\CCCCCCCC)OC(C(=O)O)C(O)C1O. The molecule has 1 heterocycles. The van der Waals surface area contributed by atoms with E-state index in [1.165, 1.54) is 135 Å². The smallest absolute Gasteiger partial charge is 0.335 e. The lowest BCUT2D eigenvalue weighted by atomic mass is 9.98. The molecule has 0 aromatic carbocycles. The van der Waals surface area contributed by atoms with Crippen LogP contribution in [0.4, 0.5) is 0 Å². The average Bonchev–Trinajstić information content (AvgIpc) is 2.83. The minimum Gasteiger partial charge on any atom is -0.479 e. The van der Waals surface area contributed by atoms with E-state index in [4.69, 9.17) is 23.7 Å². The largest absolute Gasteiger partial charge is 0.479 e. The van der Waals surface area contributed by atoms with Gasteiger partial charge in [-0.3, -0.25) is 14.4 Å². The molecule has 0 bridgehead atoms. The molecule has 1 aliphatic heterocycles. The topological polar surface area (TPSA) is 175 Å². The van der Waals surface area contributed by atoms with Crippen molar-refractivity contribution in [3.05, 3.63) is 97.2 Å². The van der Waals surface area contributed by atoms with Gasteiger partial charge < -0.3 is 39.0 Å². The van der Waals surface area contributed by atoms with Gasteiger partial charge in [-0.1, -0.05) is 253 Å². The number of unbranched alkanes of at least 4 members (excludes halogenated alkanes) is 28. The van der Waals surface area contributed by atoms with Crippen LogP contribution in [0.1, 0.15) is 290 Å². The second kappa shape index (κ2) is 59.9. The van der Waals surface area contributed by atoms with Gasteiger partial charge in [-0.2, -0.15) is 0 Å². The maximum atomic E-state index is 13.2. The number of aliphatic hydroxyl groups excluding tert-OH is 2. The number of carbonyl (C=O) groups excluding carboxylic acids is 3. The Morgan fingerprint density at radius 1 is 0.400 bits per heavy atom. The van der Waals surface area contributed by atoms with Gasteiger partial charge in [0, 0.05) is 19.3 Å². The van der Waals surface area contributed by atoms with E-state index in [0.717, 1.165) is 89.9 Å². The first-order valence-corrected chi connectivity index (χ1v) is 34.2. The summed E-state index contributed by atoms with van der Waals surface area (Å²) in [4.78, 5) is 51.4. The zero-order valence-corrected chi connectivity index (χ0v) is 53.8. The van der Waals surface area contributed by atoms with Crippen molar-refractivity contribution in [2.24, 2.45) is 0 Å². The minimum atomic E-state index is -1.93. The van der Waals surface area contributed by atoms with E-state index in [2.05, 4.69) is 106 Å². The van der Waals surface area contributed by atoms with Crippen molar-refractivity contribution in [2.75, 3.05) is 13.2 Å². The molecule has 1 saturated heterocycles. The molecule has 1 rings (SSSR count). The molecular weight excluding hydrogens is 1070 g/mol. The number of allylic oxidation sites excluding steroid dienone is 16. The molecule has 12 nitrogen and oxygen atoms in total. The van der Waals surface area contributed by atoms with Crippen molar-refractivity contribution in [3.63, 3.8) is 0 Å². The van der Waals surface area contributed by atoms with Gasteiger partial charge in [0.25, 0.3) is 0 Å². The van der Waals surface area contributed by atoms with Crippen molar-refractivity contribution in [1.82, 2.24) is 0 Å². The second-order valence-corrected chi connectivity index (χ2v) is 23.1. The van der Waals surface area contributed by atoms with Crippen LogP contribution >= 0.6 is 0 Å². The number of esters is 3. The van der Waals surface area contributed by atoms with Gasteiger partial charge in [0.2, 0.25) is 0 Å². The molecule has 0 radical (unpaired) electrons. The standard InChI is InChI=1S/C73H122O12/c1-4-7-10-13-16-19-22-25-28-31-33-36-38-41-44-47-50-53-56-59-65(74)81-62-64(83-66(75)60-57-54-51-48-45-42-40-37-34-32-29-26-23-20-17-14-11-8-5-2)63-82-73-71(69(78)68(77)70(85-73)72(79)80)84-67(76)61-58-55-52-49-46-43-39-35-30-27-24-21-18-15-12-9-6-3/h9,12,16,18-19,21,25-30,39,43,49,52,64,68-71,73,77-78H,4-8,10-11,13-15,17,20,22-24,31-38,40-42,44-48,50-51,53-63H2,1-3H3,(H,79,80)/b12-9-,19-16-,21-18-,28-25-,29-26-,30-27-,43-39-,52-49-. The molecular formula is C73H122O12. The Balaban J connectivity index is 2.68. The van der Waals surface area contributed by atoms with Crippen LogP contribution in [0, 0.1) is 0 Å². The average molecular weight is 1190 g/mol. The van der Waals surface area contributed by atoms with Gasteiger partial charge in [0.1, 0.15) is 18.8 Å². The third-order valence-electron chi connectivity index (χ3n) is 15.1. The van der Waals surface area contributed by atoms with Gasteiger partial charge in [0.05, 0.1) is 6.61 Å². The van der Waals surface area contributed by atoms with Crippen LogP contribution in [-0.4, -0.2) is 89.2 Å². The maximum Gasteiger partial charge on any atom is 0.335 e. The Morgan fingerprint density at radius 2 is 0.753 bits per heavy atom. The van der Waals surface area contributed by atoms with E-state index in [-0.39, 0.29) is 25.9 Å². The molecule has 6 atom stereocenters. The number of hydrogen-bond donors (Lipinski definition) is 3. The lowest BCUT2D eigenvalue weighted by Gasteiger charge is -2.40. The van der Waals surface area contributed by atoms with Crippen molar-refractivity contribution < 1.29 is 58.2 Å². The first-order chi connectivity index (χ1) is 41.6. The third kappa shape index (κ3) is 49.3. The van der Waals surface area contributed by atoms with Crippen molar-refractivity contribution in [1.29, 1.82) is 0 Å². The number of carboxylic acids is 1. The van der Waals surface area contributed by atoms with Crippen LogP contribution in [0.2, 0.25) is 0 Å². The minimum absolute atomic E-state index is 0.0212. The summed E-state index contributed by atoms with van der Waals surface area (Å²) in [5.41, 5.74) is 0. The highest BCUT2D eigenvalue weighted by Gasteiger charge is 2.50. The molecule has 0 amide bonds. The van der Waals surface area contributed by atoms with Gasteiger partial charge in [-0.25, -0.2) is 4.79 Å². The van der Waals surface area contributed by atoms with E-state index in [1.807, 2.05) is 12.2 Å². The maximum absolute atomic E-state index is 13.2. The highest BCUT2D eigenvalue weighted by Crippen LogP contribution is 2.26. The van der Waals surface area contributed by atoms with Gasteiger partial charge in [0.15, 0.2) is 24.6 Å². The summed E-state index contributed by atoms with van der Waals surface area (Å²) in [6, 6.07) is 0. The molecule has 12 heteroatoms. The number of ether oxygens (including phenoxy) is 5. The predicted molar refractivity (Wildman–Crippen MR) is 349 cm³/mol. The molecule has 0 spiro atoms. The Bertz CT molecular complexity index is 1840. The van der Waals surface area contributed by atoms with E-state index in [9.17, 15) is 34.5 Å². The molecule has 486 valence electrons. The van der Waals surface area contributed by atoms with Crippen molar-refractivity contribution in [3.8, 4) is 0 Å². The first kappa shape index (κ1) is 78.7. The lowest BCUT2D eigenvalue weighted by molar-refractivity contribution is -0.301. The summed E-state index contributed by atoms with van der Waals surface area (Å²) in [7, 11) is 0. The zero-order chi connectivity index (χ0) is 61.7. The molecule has 1 fully saturated rings. The molecule has 0 aromatic heterocycles. The third-order valence-corrected chi connectivity index (χ3v) is 15.1. The highest BCUT2D eigenvalue weighted by atomic mass is 16.7. The quantitative estimate of drug-likeness (QED) is 0.0228. The van der Waals surface area contributed by atoms with Gasteiger partial charge in [-0.15, -0.1) is 0 Å². The fourth-order valence-corrected chi connectivity index (χ4v) is 9.90. The summed E-state index contributed by atoms with van der Waals surface area (Å²) in [6.45, 7) is 5.86. The number of aliphatic hydroxyl groups is 2. The Hall–Kier alpha value is -4.36. The number of rotatable bonds is 58. The monoisotopic (exact) mass is 1190 g/mol. The predicted octanol–water partition coefficient (Wildman–Crippen LogP) is 18.8. The Kier molecular flexibility index (Phi) is 55.5. The van der Waals surface area contributed by atoms with E-state index in [1.54, 1.807) is 0 Å². The fraction of sp³-hybridized carbons (Fsp3) is 0.726. The summed E-state index contributed by atoms with van der Waals surface area (Å²) in [5, 5.41) is 31.6. The summed E-state index contributed by atoms with van der Waals surface area (Å²) >= 11 is 0. The highest BCUT2D eigenvalue weighted by molar-refractivity contribution is 5.74. The number of aliphatic carboxylic acids is 1. The van der Waals surface area contributed by atoms with E-state index >= 15 is 0 Å². The lowest BCUT2D eigenvalue weighted by Crippen LogP contribution is -2.61. The van der Waals surface area contributed by atoms with Crippen LogP contribution in [-0.2, 0) is 42.9 Å². The number of hydrogen-bond acceptors (Lipinski definition) is 11. The van der Waals surface area contributed by atoms with Crippen LogP contribution in [0.3, 0.4) is 0 Å². The van der Waals surface area contributed by atoms with Crippen LogP contribution in [0.5, 0.6) is 0 Å². The normalized spacial score (nSPS) is 18.1. The number of carbonyl (C=O) groups is 4. The van der Waals surface area contributed by atoms with Crippen molar-refractivity contribution in [2.45, 2.75) is 327 Å². The molecule has 0 aliphatic carbocycles. The molecule has 85 heavy (non-hydrogen) atoms. The van der Waals surface area contributed by atoms with Crippen LogP contribution < -0.4 is 0 Å². The summed E-state index contributed by atoms with van der Waals surface area (Å²) in [5.74, 6) is -3.20. The van der Waals surface area contributed by atoms with Gasteiger partial charge >= 0.3 is 23.9 Å². The molecule has 1 aliphatic rings. The zero-order valence-electron chi connectivity index (χ0n) is 53.8. The fourth-order valence-electron chi connectivity index (χ4n) is 9.90. The van der Waals surface area contributed by atoms with Crippen molar-refractivity contribution >= 4 is 23.9 Å². The summed E-state index contributed by atoms with van der Waals surface area (Å²) in [6.07, 6.45) is 67.9. The van der Waals surface area contributed by atoms with E-state index in [0.29, 0.717) is 25.7 Å². The second-order valence-electron chi connectivity index (χ2n) is 23.1. The first-order valence-electron chi connectivity index (χ1n) is 34.2.